The van der Waals surface area contributed by atoms with Crippen LogP contribution in [0, 0.1) is 0 Å². The molecule has 1 aromatic heterocycles. The molecule has 0 radical (unpaired) electrons. The van der Waals surface area contributed by atoms with Crippen molar-refractivity contribution in [2.24, 2.45) is 4.99 Å². The minimum absolute atomic E-state index is 0.150. The number of aromatic nitrogens is 1. The SMILES string of the molecule is CCNC(=NCc1csc(CC)n1)NCC1Cc2ccccc2O1. The van der Waals surface area contributed by atoms with Crippen molar-refractivity contribution >= 4 is 17.3 Å². The Bertz CT molecular complexity index is 673. The van der Waals surface area contributed by atoms with E-state index in [0.717, 1.165) is 48.3 Å². The van der Waals surface area contributed by atoms with Gasteiger partial charge in [0.25, 0.3) is 0 Å². The zero-order valence-corrected chi connectivity index (χ0v) is 15.0. The van der Waals surface area contributed by atoms with E-state index < -0.39 is 0 Å². The predicted molar refractivity (Wildman–Crippen MR) is 98.9 cm³/mol. The van der Waals surface area contributed by atoms with Gasteiger partial charge in [-0.25, -0.2) is 9.98 Å². The molecule has 1 aromatic carbocycles. The maximum atomic E-state index is 5.96. The van der Waals surface area contributed by atoms with Gasteiger partial charge < -0.3 is 15.4 Å². The number of benzene rings is 1. The van der Waals surface area contributed by atoms with E-state index in [1.165, 1.54) is 5.56 Å². The van der Waals surface area contributed by atoms with Crippen LogP contribution >= 0.6 is 11.3 Å². The Balaban J connectivity index is 1.53. The van der Waals surface area contributed by atoms with Crippen molar-refractivity contribution in [2.75, 3.05) is 13.1 Å². The first-order valence-corrected chi connectivity index (χ1v) is 9.36. The molecule has 0 saturated carbocycles. The van der Waals surface area contributed by atoms with Gasteiger partial charge in [0, 0.05) is 18.3 Å². The maximum absolute atomic E-state index is 5.96. The summed E-state index contributed by atoms with van der Waals surface area (Å²) in [5.74, 6) is 1.81. The summed E-state index contributed by atoms with van der Waals surface area (Å²) < 4.78 is 5.96. The lowest BCUT2D eigenvalue weighted by Crippen LogP contribution is -2.42. The lowest BCUT2D eigenvalue weighted by molar-refractivity contribution is 0.235. The molecule has 0 saturated heterocycles. The first-order valence-electron chi connectivity index (χ1n) is 8.48. The van der Waals surface area contributed by atoms with Crippen molar-refractivity contribution in [1.29, 1.82) is 0 Å². The van der Waals surface area contributed by atoms with Gasteiger partial charge in [-0.3, -0.25) is 0 Å². The highest BCUT2D eigenvalue weighted by atomic mass is 32.1. The second-order valence-corrected chi connectivity index (χ2v) is 6.66. The molecule has 0 spiro atoms. The van der Waals surface area contributed by atoms with Crippen LogP contribution in [0.15, 0.2) is 34.6 Å². The Morgan fingerprint density at radius 2 is 2.21 bits per heavy atom. The van der Waals surface area contributed by atoms with Crippen LogP contribution in [0.4, 0.5) is 0 Å². The fourth-order valence-electron chi connectivity index (χ4n) is 2.66. The summed E-state index contributed by atoms with van der Waals surface area (Å²) in [5.41, 5.74) is 2.30. The minimum atomic E-state index is 0.150. The number of aryl methyl sites for hydroxylation is 1. The third kappa shape index (κ3) is 4.26. The van der Waals surface area contributed by atoms with Crippen molar-refractivity contribution < 1.29 is 4.74 Å². The molecule has 3 rings (SSSR count). The summed E-state index contributed by atoms with van der Waals surface area (Å²) in [7, 11) is 0. The van der Waals surface area contributed by atoms with Crippen LogP contribution in [0.5, 0.6) is 5.75 Å². The van der Waals surface area contributed by atoms with Gasteiger partial charge in [0.2, 0.25) is 0 Å². The van der Waals surface area contributed by atoms with Crippen molar-refractivity contribution in [3.63, 3.8) is 0 Å². The summed E-state index contributed by atoms with van der Waals surface area (Å²) in [6.07, 6.45) is 2.07. The molecule has 0 aliphatic carbocycles. The highest BCUT2D eigenvalue weighted by molar-refractivity contribution is 7.09. The number of nitrogens with one attached hydrogen (secondary N) is 2. The van der Waals surface area contributed by atoms with E-state index in [2.05, 4.69) is 52.0 Å². The van der Waals surface area contributed by atoms with Crippen LogP contribution < -0.4 is 15.4 Å². The molecule has 1 aliphatic heterocycles. The number of thiazole rings is 1. The number of para-hydroxylation sites is 1. The van der Waals surface area contributed by atoms with Gasteiger partial charge in [-0.15, -0.1) is 11.3 Å². The topological polar surface area (TPSA) is 58.5 Å². The van der Waals surface area contributed by atoms with Crippen LogP contribution in [-0.2, 0) is 19.4 Å². The normalized spacial score (nSPS) is 16.6. The number of aliphatic imine (C=N–C) groups is 1. The molecule has 24 heavy (non-hydrogen) atoms. The Morgan fingerprint density at radius 1 is 1.33 bits per heavy atom. The third-order valence-electron chi connectivity index (χ3n) is 3.86. The Labute approximate surface area is 147 Å². The molecule has 1 aliphatic rings. The van der Waals surface area contributed by atoms with Gasteiger partial charge in [0.15, 0.2) is 5.96 Å². The Morgan fingerprint density at radius 3 is 2.96 bits per heavy atom. The molecular formula is C18H24N4OS. The number of guanidine groups is 1. The largest absolute Gasteiger partial charge is 0.488 e. The molecule has 2 heterocycles. The monoisotopic (exact) mass is 344 g/mol. The summed E-state index contributed by atoms with van der Waals surface area (Å²) >= 11 is 1.70. The van der Waals surface area contributed by atoms with Gasteiger partial charge in [-0.05, 0) is 25.0 Å². The highest BCUT2D eigenvalue weighted by Crippen LogP contribution is 2.27. The van der Waals surface area contributed by atoms with E-state index in [-0.39, 0.29) is 6.10 Å². The fraction of sp³-hybridized carbons (Fsp3) is 0.444. The van der Waals surface area contributed by atoms with Crippen molar-refractivity contribution in [3.8, 4) is 5.75 Å². The maximum Gasteiger partial charge on any atom is 0.191 e. The van der Waals surface area contributed by atoms with E-state index in [1.54, 1.807) is 11.3 Å². The zero-order chi connectivity index (χ0) is 16.8. The quantitative estimate of drug-likeness (QED) is 0.625. The van der Waals surface area contributed by atoms with E-state index >= 15 is 0 Å². The highest BCUT2D eigenvalue weighted by Gasteiger charge is 2.22. The summed E-state index contributed by atoms with van der Waals surface area (Å²) in [5, 5.41) is 9.90. The van der Waals surface area contributed by atoms with Crippen molar-refractivity contribution in [2.45, 2.75) is 39.3 Å². The van der Waals surface area contributed by atoms with E-state index in [9.17, 15) is 0 Å². The van der Waals surface area contributed by atoms with E-state index in [1.807, 2.05) is 12.1 Å². The Hall–Kier alpha value is -2.08. The molecule has 6 heteroatoms. The molecule has 5 nitrogen and oxygen atoms in total. The smallest absolute Gasteiger partial charge is 0.191 e. The molecule has 1 atom stereocenters. The zero-order valence-electron chi connectivity index (χ0n) is 14.2. The van der Waals surface area contributed by atoms with E-state index in [0.29, 0.717) is 6.54 Å². The van der Waals surface area contributed by atoms with Crippen LogP contribution in [0.1, 0.15) is 30.1 Å². The molecule has 1 unspecified atom stereocenters. The van der Waals surface area contributed by atoms with Crippen LogP contribution in [0.3, 0.4) is 0 Å². The van der Waals surface area contributed by atoms with Crippen molar-refractivity contribution in [3.05, 3.63) is 45.9 Å². The molecule has 0 bridgehead atoms. The van der Waals surface area contributed by atoms with Crippen molar-refractivity contribution in [1.82, 2.24) is 15.6 Å². The number of fused-ring (bicyclic) bond motifs is 1. The van der Waals surface area contributed by atoms with E-state index in [4.69, 9.17) is 4.74 Å². The third-order valence-corrected chi connectivity index (χ3v) is 4.90. The summed E-state index contributed by atoms with van der Waals surface area (Å²) in [6.45, 7) is 6.35. The standard InChI is InChI=1S/C18H24N4OS/c1-3-17-22-14(12-24-17)10-20-18(19-4-2)21-11-15-9-13-7-5-6-8-16(13)23-15/h5-8,12,15H,3-4,9-11H2,1-2H3,(H2,19,20,21). The van der Waals surface area contributed by atoms with Gasteiger partial charge in [0.05, 0.1) is 23.8 Å². The second-order valence-electron chi connectivity index (χ2n) is 5.71. The number of ether oxygens (including phenoxy) is 1. The molecule has 2 aromatic rings. The molecule has 0 fully saturated rings. The second kappa shape index (κ2) is 8.15. The number of hydrogen-bond donors (Lipinski definition) is 2. The average molecular weight is 344 g/mol. The summed E-state index contributed by atoms with van der Waals surface area (Å²) in [4.78, 5) is 9.18. The van der Waals surface area contributed by atoms with Gasteiger partial charge >= 0.3 is 0 Å². The summed E-state index contributed by atoms with van der Waals surface area (Å²) in [6, 6.07) is 8.23. The predicted octanol–water partition coefficient (Wildman–Crippen LogP) is 2.76. The van der Waals surface area contributed by atoms with Crippen LogP contribution in [0.2, 0.25) is 0 Å². The van der Waals surface area contributed by atoms with Crippen LogP contribution in [0.25, 0.3) is 0 Å². The first kappa shape index (κ1) is 16.8. The number of rotatable bonds is 6. The lowest BCUT2D eigenvalue weighted by atomic mass is 10.1. The fourth-order valence-corrected chi connectivity index (χ4v) is 3.40. The van der Waals surface area contributed by atoms with Gasteiger partial charge in [-0.2, -0.15) is 0 Å². The lowest BCUT2D eigenvalue weighted by Gasteiger charge is -2.15. The molecule has 2 N–H and O–H groups in total. The first-order chi connectivity index (χ1) is 11.8. The van der Waals surface area contributed by atoms with Crippen LogP contribution in [-0.4, -0.2) is 30.1 Å². The number of nitrogens with zero attached hydrogens (tertiary/aromatic N) is 2. The van der Waals surface area contributed by atoms with Gasteiger partial charge in [0.1, 0.15) is 11.9 Å². The Kier molecular flexibility index (Phi) is 5.69. The number of hydrogen-bond acceptors (Lipinski definition) is 4. The minimum Gasteiger partial charge on any atom is -0.488 e. The molecular weight excluding hydrogens is 320 g/mol. The average Bonchev–Trinajstić information content (AvgIpc) is 3.23. The molecule has 0 amide bonds. The van der Waals surface area contributed by atoms with Gasteiger partial charge in [-0.1, -0.05) is 25.1 Å². The molecule has 128 valence electrons.